The lowest BCUT2D eigenvalue weighted by molar-refractivity contribution is 0.102. The van der Waals surface area contributed by atoms with Gasteiger partial charge >= 0.3 is 0 Å². The highest BCUT2D eigenvalue weighted by atomic mass is 35.5. The number of nitrogens with one attached hydrogen (secondary N) is 1. The van der Waals surface area contributed by atoms with Crippen LogP contribution in [-0.4, -0.2) is 26.1 Å². The molecule has 1 atom stereocenters. The quantitative estimate of drug-likeness (QED) is 0.891. The van der Waals surface area contributed by atoms with Crippen molar-refractivity contribution in [1.82, 2.24) is 0 Å². The number of amides is 1. The number of methoxy groups -OCH3 is 1. The summed E-state index contributed by atoms with van der Waals surface area (Å²) in [7, 11) is 1.53. The van der Waals surface area contributed by atoms with Crippen LogP contribution in [0.1, 0.15) is 23.7 Å². The van der Waals surface area contributed by atoms with Crippen LogP contribution in [0.15, 0.2) is 42.5 Å². The molecule has 0 spiro atoms. The number of nitrogens with zero attached hydrogens (tertiary/aromatic N) is 1. The van der Waals surface area contributed by atoms with Gasteiger partial charge in [-0.05, 0) is 54.8 Å². The summed E-state index contributed by atoms with van der Waals surface area (Å²) in [5.74, 6) is 0.996. The molecule has 0 aromatic heterocycles. The molecule has 2 aromatic rings. The molecule has 1 N–H and O–H groups in total. The average molecular weight is 345 g/mol. The minimum Gasteiger partial charge on any atom is -0.496 e. The van der Waals surface area contributed by atoms with Crippen molar-refractivity contribution in [3.05, 3.63) is 53.1 Å². The van der Waals surface area contributed by atoms with Gasteiger partial charge < -0.3 is 15.0 Å². The highest BCUT2D eigenvalue weighted by Crippen LogP contribution is 2.26. The maximum atomic E-state index is 12.5. The van der Waals surface area contributed by atoms with Crippen LogP contribution >= 0.6 is 11.6 Å². The van der Waals surface area contributed by atoms with Gasteiger partial charge in [0.25, 0.3) is 5.91 Å². The van der Waals surface area contributed by atoms with Crippen LogP contribution in [-0.2, 0) is 0 Å². The summed E-state index contributed by atoms with van der Waals surface area (Å²) in [6.07, 6.45) is 1.23. The largest absolute Gasteiger partial charge is 0.496 e. The van der Waals surface area contributed by atoms with Crippen LogP contribution in [0.25, 0.3) is 0 Å². The zero-order chi connectivity index (χ0) is 17.1. The van der Waals surface area contributed by atoms with Crippen LogP contribution in [0, 0.1) is 5.92 Å². The summed E-state index contributed by atoms with van der Waals surface area (Å²) in [5.41, 5.74) is 2.36. The first-order valence-electron chi connectivity index (χ1n) is 8.06. The first-order chi connectivity index (χ1) is 11.6. The van der Waals surface area contributed by atoms with Crippen molar-refractivity contribution in [2.45, 2.75) is 13.3 Å². The zero-order valence-electron chi connectivity index (χ0n) is 13.9. The number of ether oxygens (including phenoxy) is 1. The van der Waals surface area contributed by atoms with E-state index in [9.17, 15) is 4.79 Å². The van der Waals surface area contributed by atoms with Gasteiger partial charge in [0.05, 0.1) is 12.7 Å². The number of hydrogen-bond acceptors (Lipinski definition) is 3. The summed E-state index contributed by atoms with van der Waals surface area (Å²) in [4.78, 5) is 14.8. The third-order valence-corrected chi connectivity index (χ3v) is 4.56. The first kappa shape index (κ1) is 16.7. The fraction of sp³-hybridized carbons (Fsp3) is 0.316. The molecule has 0 radical (unpaired) electrons. The molecular formula is C19H21ClN2O2. The van der Waals surface area contributed by atoms with E-state index < -0.39 is 0 Å². The number of rotatable bonds is 4. The molecular weight excluding hydrogens is 324 g/mol. The maximum absolute atomic E-state index is 12.5. The van der Waals surface area contributed by atoms with Gasteiger partial charge in [0.15, 0.2) is 0 Å². The van der Waals surface area contributed by atoms with Crippen molar-refractivity contribution in [3.63, 3.8) is 0 Å². The molecule has 24 heavy (non-hydrogen) atoms. The molecule has 4 nitrogen and oxygen atoms in total. The zero-order valence-corrected chi connectivity index (χ0v) is 14.6. The Morgan fingerprint density at radius 3 is 2.62 bits per heavy atom. The molecule has 1 unspecified atom stereocenters. The van der Waals surface area contributed by atoms with Crippen molar-refractivity contribution in [2.24, 2.45) is 5.92 Å². The van der Waals surface area contributed by atoms with E-state index in [1.807, 2.05) is 24.3 Å². The number of anilines is 2. The fourth-order valence-corrected chi connectivity index (χ4v) is 3.15. The molecule has 3 rings (SSSR count). The Morgan fingerprint density at radius 1 is 1.25 bits per heavy atom. The Balaban J connectivity index is 1.72. The summed E-state index contributed by atoms with van der Waals surface area (Å²) in [6, 6.07) is 12.9. The van der Waals surface area contributed by atoms with E-state index in [0.29, 0.717) is 16.3 Å². The van der Waals surface area contributed by atoms with E-state index in [2.05, 4.69) is 17.1 Å². The van der Waals surface area contributed by atoms with Crippen LogP contribution in [0.3, 0.4) is 0 Å². The van der Waals surface area contributed by atoms with Gasteiger partial charge in [-0.3, -0.25) is 4.79 Å². The molecule has 1 heterocycles. The third-order valence-electron chi connectivity index (χ3n) is 4.32. The van der Waals surface area contributed by atoms with Gasteiger partial charge in [0, 0.05) is 29.5 Å². The minimum absolute atomic E-state index is 0.239. The highest BCUT2D eigenvalue weighted by Gasteiger charge is 2.19. The van der Waals surface area contributed by atoms with Crippen LogP contribution < -0.4 is 15.0 Å². The van der Waals surface area contributed by atoms with E-state index in [-0.39, 0.29) is 5.91 Å². The van der Waals surface area contributed by atoms with E-state index in [0.717, 1.165) is 24.7 Å². The Bertz CT molecular complexity index is 731. The third kappa shape index (κ3) is 3.65. The molecule has 1 saturated heterocycles. The topological polar surface area (TPSA) is 41.6 Å². The highest BCUT2D eigenvalue weighted by molar-refractivity contribution is 6.31. The number of carbonyl (C=O) groups excluding carboxylic acids is 1. The first-order valence-corrected chi connectivity index (χ1v) is 8.44. The number of halogens is 1. The second-order valence-electron chi connectivity index (χ2n) is 6.19. The van der Waals surface area contributed by atoms with Gasteiger partial charge in [-0.1, -0.05) is 18.5 Å². The Labute approximate surface area is 147 Å². The second kappa shape index (κ2) is 7.14. The predicted molar refractivity (Wildman–Crippen MR) is 98.4 cm³/mol. The molecule has 1 fully saturated rings. The van der Waals surface area contributed by atoms with Gasteiger partial charge in [0.2, 0.25) is 0 Å². The number of benzene rings is 2. The van der Waals surface area contributed by atoms with Crippen LogP contribution in [0.4, 0.5) is 11.4 Å². The van der Waals surface area contributed by atoms with Crippen LogP contribution in [0.5, 0.6) is 5.75 Å². The summed E-state index contributed by atoms with van der Waals surface area (Å²) in [6.45, 7) is 4.45. The van der Waals surface area contributed by atoms with Crippen molar-refractivity contribution >= 4 is 28.9 Å². The molecule has 1 amide bonds. The lowest BCUT2D eigenvalue weighted by Gasteiger charge is -2.18. The van der Waals surface area contributed by atoms with E-state index >= 15 is 0 Å². The van der Waals surface area contributed by atoms with Crippen molar-refractivity contribution in [2.75, 3.05) is 30.4 Å². The molecule has 126 valence electrons. The summed E-state index contributed by atoms with van der Waals surface area (Å²) < 4.78 is 5.23. The smallest absolute Gasteiger partial charge is 0.259 e. The molecule has 0 bridgehead atoms. The lowest BCUT2D eigenvalue weighted by Crippen LogP contribution is -2.19. The van der Waals surface area contributed by atoms with Crippen molar-refractivity contribution in [1.29, 1.82) is 0 Å². The second-order valence-corrected chi connectivity index (χ2v) is 6.62. The Hall–Kier alpha value is -2.20. The van der Waals surface area contributed by atoms with Crippen molar-refractivity contribution in [3.8, 4) is 5.75 Å². The van der Waals surface area contributed by atoms with Crippen molar-refractivity contribution < 1.29 is 9.53 Å². The van der Waals surface area contributed by atoms with E-state index in [1.54, 1.807) is 18.2 Å². The molecule has 5 heteroatoms. The number of carbonyl (C=O) groups is 1. The van der Waals surface area contributed by atoms with Gasteiger partial charge in [0.1, 0.15) is 5.75 Å². The monoisotopic (exact) mass is 344 g/mol. The molecule has 2 aromatic carbocycles. The van der Waals surface area contributed by atoms with E-state index in [4.69, 9.17) is 16.3 Å². The van der Waals surface area contributed by atoms with E-state index in [1.165, 1.54) is 19.2 Å². The Kier molecular flexibility index (Phi) is 4.95. The SMILES string of the molecule is COc1ccc(Cl)cc1C(=O)Nc1ccc(N2CCC(C)C2)cc1. The lowest BCUT2D eigenvalue weighted by atomic mass is 10.1. The molecule has 0 saturated carbocycles. The standard InChI is InChI=1S/C19H21ClN2O2/c1-13-9-10-22(12-13)16-6-4-15(5-7-16)21-19(23)17-11-14(20)3-8-18(17)24-2/h3-8,11,13H,9-10,12H2,1-2H3,(H,21,23). The van der Waals surface area contributed by atoms with Gasteiger partial charge in [-0.2, -0.15) is 0 Å². The van der Waals surface area contributed by atoms with Gasteiger partial charge in [-0.15, -0.1) is 0 Å². The van der Waals surface area contributed by atoms with Gasteiger partial charge in [-0.25, -0.2) is 0 Å². The normalized spacial score (nSPS) is 17.0. The molecule has 0 aliphatic carbocycles. The average Bonchev–Trinajstić information content (AvgIpc) is 3.02. The predicted octanol–water partition coefficient (Wildman–Crippen LogP) is 4.45. The molecule has 1 aliphatic rings. The molecule has 1 aliphatic heterocycles. The maximum Gasteiger partial charge on any atom is 0.259 e. The summed E-state index contributed by atoms with van der Waals surface area (Å²) >= 11 is 5.99. The number of hydrogen-bond donors (Lipinski definition) is 1. The summed E-state index contributed by atoms with van der Waals surface area (Å²) in [5, 5.41) is 3.39. The minimum atomic E-state index is -0.239. The fourth-order valence-electron chi connectivity index (χ4n) is 2.98. The Morgan fingerprint density at radius 2 is 2.00 bits per heavy atom. The van der Waals surface area contributed by atoms with Crippen LogP contribution in [0.2, 0.25) is 5.02 Å².